The molecule has 7 nitrogen and oxygen atoms in total. The number of non-ortho nitro benzene ring substituents is 1. The van der Waals surface area contributed by atoms with E-state index in [0.717, 1.165) is 25.0 Å². The van der Waals surface area contributed by atoms with Crippen LogP contribution >= 0.6 is 11.3 Å². The van der Waals surface area contributed by atoms with E-state index in [1.54, 1.807) is 11.3 Å². The zero-order valence-corrected chi connectivity index (χ0v) is 13.8. The van der Waals surface area contributed by atoms with Gasteiger partial charge in [-0.1, -0.05) is 0 Å². The highest BCUT2D eigenvalue weighted by Gasteiger charge is 2.16. The molecule has 0 aliphatic heterocycles. The maximum atomic E-state index is 11.9. The minimum absolute atomic E-state index is 0.00725. The standard InChI is InChI=1S/C16H17N3O4S/c20-15(18-16-17-13-3-1-2-4-14(13)24-16)9-10-23-12-7-5-11(6-8-12)19(21)22/h5-8H,1-4,9-10H2,(H,17,18,20). The molecular formula is C16H17N3O4S. The molecule has 8 heteroatoms. The van der Waals surface area contributed by atoms with Crippen LogP contribution in [0, 0.1) is 10.1 Å². The number of hydrogen-bond donors (Lipinski definition) is 1. The number of aromatic nitrogens is 1. The molecule has 0 atom stereocenters. The molecule has 1 aromatic heterocycles. The van der Waals surface area contributed by atoms with Crippen molar-refractivity contribution < 1.29 is 14.5 Å². The third-order valence-electron chi connectivity index (χ3n) is 3.74. The predicted octanol–water partition coefficient (Wildman–Crippen LogP) is 3.34. The van der Waals surface area contributed by atoms with Crippen molar-refractivity contribution in [3.63, 3.8) is 0 Å². The Hall–Kier alpha value is -2.48. The maximum absolute atomic E-state index is 11.9. The van der Waals surface area contributed by atoms with Gasteiger partial charge in [0.25, 0.3) is 5.69 Å². The molecule has 126 valence electrons. The molecular weight excluding hydrogens is 330 g/mol. The summed E-state index contributed by atoms with van der Waals surface area (Å²) in [6.07, 6.45) is 4.58. The second kappa shape index (κ2) is 7.39. The third kappa shape index (κ3) is 4.08. The Balaban J connectivity index is 1.45. The molecule has 0 spiro atoms. The topological polar surface area (TPSA) is 94.4 Å². The van der Waals surface area contributed by atoms with Gasteiger partial charge in [-0.3, -0.25) is 14.9 Å². The van der Waals surface area contributed by atoms with Crippen molar-refractivity contribution in [2.75, 3.05) is 11.9 Å². The van der Waals surface area contributed by atoms with Crippen molar-refractivity contribution >= 4 is 28.1 Å². The largest absolute Gasteiger partial charge is 0.493 e. The molecule has 0 saturated carbocycles. The molecule has 0 fully saturated rings. The second-order valence-corrected chi connectivity index (χ2v) is 6.58. The molecule has 2 aromatic rings. The number of hydrogen-bond acceptors (Lipinski definition) is 6. The fourth-order valence-corrected chi connectivity index (χ4v) is 3.58. The molecule has 0 radical (unpaired) electrons. The highest BCUT2D eigenvalue weighted by molar-refractivity contribution is 7.15. The van der Waals surface area contributed by atoms with E-state index in [1.165, 1.54) is 35.6 Å². The van der Waals surface area contributed by atoms with Crippen LogP contribution in [0.15, 0.2) is 24.3 Å². The summed E-state index contributed by atoms with van der Waals surface area (Å²) in [4.78, 5) is 27.8. The molecule has 24 heavy (non-hydrogen) atoms. The van der Waals surface area contributed by atoms with Gasteiger partial charge in [-0.15, -0.1) is 11.3 Å². The average Bonchev–Trinajstić information content (AvgIpc) is 2.97. The van der Waals surface area contributed by atoms with Gasteiger partial charge in [0.15, 0.2) is 5.13 Å². The van der Waals surface area contributed by atoms with Gasteiger partial charge >= 0.3 is 0 Å². The molecule has 3 rings (SSSR count). The first kappa shape index (κ1) is 16.4. The normalized spacial score (nSPS) is 13.2. The van der Waals surface area contributed by atoms with Crippen molar-refractivity contribution in [1.29, 1.82) is 0 Å². The van der Waals surface area contributed by atoms with Gasteiger partial charge in [0.1, 0.15) is 5.75 Å². The fourth-order valence-electron chi connectivity index (χ4n) is 2.51. The Morgan fingerprint density at radius 2 is 2.04 bits per heavy atom. The van der Waals surface area contributed by atoms with E-state index in [0.29, 0.717) is 10.9 Å². The first-order valence-corrected chi connectivity index (χ1v) is 8.59. The number of nitrogens with zero attached hydrogens (tertiary/aromatic N) is 2. The SMILES string of the molecule is O=C(CCOc1ccc([N+](=O)[O-])cc1)Nc1nc2c(s1)CCCC2. The van der Waals surface area contributed by atoms with Crippen molar-refractivity contribution in [1.82, 2.24) is 4.98 Å². The molecule has 1 N–H and O–H groups in total. The van der Waals surface area contributed by atoms with Gasteiger partial charge in [0, 0.05) is 17.0 Å². The van der Waals surface area contributed by atoms with Gasteiger partial charge < -0.3 is 10.1 Å². The molecule has 1 aliphatic rings. The van der Waals surface area contributed by atoms with Crippen molar-refractivity contribution in [3.8, 4) is 5.75 Å². The number of amides is 1. The second-order valence-electron chi connectivity index (χ2n) is 5.49. The summed E-state index contributed by atoms with van der Waals surface area (Å²) in [5.41, 5.74) is 1.12. The summed E-state index contributed by atoms with van der Waals surface area (Å²) in [6, 6.07) is 5.78. The van der Waals surface area contributed by atoms with Crippen LogP contribution < -0.4 is 10.1 Å². The van der Waals surface area contributed by atoms with Gasteiger partial charge in [-0.2, -0.15) is 0 Å². The van der Waals surface area contributed by atoms with Crippen molar-refractivity contribution in [2.45, 2.75) is 32.1 Å². The van der Waals surface area contributed by atoms with E-state index in [-0.39, 0.29) is 24.6 Å². The smallest absolute Gasteiger partial charge is 0.269 e. The quantitative estimate of drug-likeness (QED) is 0.639. The molecule has 0 bridgehead atoms. The number of benzene rings is 1. The summed E-state index contributed by atoms with van der Waals surface area (Å²) in [6.45, 7) is 0.203. The van der Waals surface area contributed by atoms with Crippen molar-refractivity contribution in [2.24, 2.45) is 0 Å². The number of carbonyl (C=O) groups excluding carboxylic acids is 1. The lowest BCUT2D eigenvalue weighted by Crippen LogP contribution is -2.15. The minimum Gasteiger partial charge on any atom is -0.493 e. The predicted molar refractivity (Wildman–Crippen MR) is 90.6 cm³/mol. The molecule has 1 aromatic carbocycles. The lowest BCUT2D eigenvalue weighted by atomic mass is 10.0. The van der Waals surface area contributed by atoms with Crippen LogP contribution in [0.5, 0.6) is 5.75 Å². The molecule has 1 aliphatic carbocycles. The number of ether oxygens (including phenoxy) is 1. The number of carbonyl (C=O) groups is 1. The number of aryl methyl sites for hydroxylation is 2. The van der Waals surface area contributed by atoms with Gasteiger partial charge in [-0.25, -0.2) is 4.98 Å². The number of rotatable bonds is 6. The van der Waals surface area contributed by atoms with E-state index < -0.39 is 4.92 Å². The highest BCUT2D eigenvalue weighted by atomic mass is 32.1. The van der Waals surface area contributed by atoms with Crippen molar-refractivity contribution in [3.05, 3.63) is 45.0 Å². The van der Waals surface area contributed by atoms with Gasteiger partial charge in [0.05, 0.1) is 23.6 Å². The first-order chi connectivity index (χ1) is 11.6. The summed E-state index contributed by atoms with van der Waals surface area (Å²) >= 11 is 1.55. The van der Waals surface area contributed by atoms with Crippen LogP contribution in [-0.4, -0.2) is 22.4 Å². The highest BCUT2D eigenvalue weighted by Crippen LogP contribution is 2.29. The van der Waals surface area contributed by atoms with E-state index in [2.05, 4.69) is 10.3 Å². The Morgan fingerprint density at radius 1 is 1.29 bits per heavy atom. The Kier molecular flexibility index (Phi) is 5.05. The number of nitrogens with one attached hydrogen (secondary N) is 1. The van der Waals surface area contributed by atoms with Crippen LogP contribution in [0.1, 0.15) is 29.8 Å². The lowest BCUT2D eigenvalue weighted by molar-refractivity contribution is -0.384. The Morgan fingerprint density at radius 3 is 2.75 bits per heavy atom. The van der Waals surface area contributed by atoms with Gasteiger partial charge in [0.2, 0.25) is 5.91 Å². The maximum Gasteiger partial charge on any atom is 0.269 e. The van der Waals surface area contributed by atoms with Crippen LogP contribution in [0.25, 0.3) is 0 Å². The number of anilines is 1. The molecule has 0 saturated heterocycles. The van der Waals surface area contributed by atoms with Crippen LogP contribution in [0.4, 0.5) is 10.8 Å². The van der Waals surface area contributed by atoms with E-state index in [4.69, 9.17) is 4.74 Å². The molecule has 0 unspecified atom stereocenters. The van der Waals surface area contributed by atoms with Gasteiger partial charge in [-0.05, 0) is 37.8 Å². The number of thiazole rings is 1. The molecule has 1 heterocycles. The summed E-state index contributed by atoms with van der Waals surface area (Å²) in [5, 5.41) is 14.0. The summed E-state index contributed by atoms with van der Waals surface area (Å²) in [5.74, 6) is 0.348. The number of nitro groups is 1. The van der Waals surface area contributed by atoms with E-state index in [9.17, 15) is 14.9 Å². The number of nitro benzene ring substituents is 1. The molecule has 1 amide bonds. The fraction of sp³-hybridized carbons (Fsp3) is 0.375. The average molecular weight is 347 g/mol. The number of fused-ring (bicyclic) bond motifs is 1. The monoisotopic (exact) mass is 347 g/mol. The van der Waals surface area contributed by atoms with E-state index >= 15 is 0 Å². The van der Waals surface area contributed by atoms with E-state index in [1.807, 2.05) is 0 Å². The zero-order valence-electron chi connectivity index (χ0n) is 13.0. The summed E-state index contributed by atoms with van der Waals surface area (Å²) in [7, 11) is 0. The van der Waals surface area contributed by atoms with Crippen LogP contribution in [0.2, 0.25) is 0 Å². The lowest BCUT2D eigenvalue weighted by Gasteiger charge is -2.06. The Labute approximate surface area is 142 Å². The third-order valence-corrected chi connectivity index (χ3v) is 4.81. The Bertz CT molecular complexity index is 719. The van der Waals surface area contributed by atoms with Crippen LogP contribution in [-0.2, 0) is 17.6 Å². The zero-order chi connectivity index (χ0) is 16.9. The first-order valence-electron chi connectivity index (χ1n) is 7.77. The van der Waals surface area contributed by atoms with Crippen LogP contribution in [0.3, 0.4) is 0 Å². The summed E-state index contributed by atoms with van der Waals surface area (Å²) < 4.78 is 5.43. The minimum atomic E-state index is -0.467.